The third-order valence-corrected chi connectivity index (χ3v) is 11.4. The Balaban J connectivity index is 0.974. The van der Waals surface area contributed by atoms with Gasteiger partial charge in [-0.25, -0.2) is 0 Å². The van der Waals surface area contributed by atoms with Crippen LogP contribution in [0, 0.1) is 0 Å². The number of hydrogen-bond donors (Lipinski definition) is 0. The number of pyridine rings is 3. The summed E-state index contributed by atoms with van der Waals surface area (Å²) >= 11 is 0. The molecule has 8 aromatic carbocycles. The highest BCUT2D eigenvalue weighted by atomic mass is 15.1. The third-order valence-electron chi connectivity index (χ3n) is 11.4. The molecule has 0 fully saturated rings. The van der Waals surface area contributed by atoms with Crippen molar-refractivity contribution in [1.82, 2.24) is 15.0 Å². The van der Waals surface area contributed by atoms with Crippen molar-refractivity contribution in [1.29, 1.82) is 0 Å². The van der Waals surface area contributed by atoms with Gasteiger partial charge in [0.1, 0.15) is 0 Å². The summed E-state index contributed by atoms with van der Waals surface area (Å²) in [5, 5.41) is 7.46. The van der Waals surface area contributed by atoms with E-state index in [0.717, 1.165) is 61.7 Å². The second-order valence-electron chi connectivity index (χ2n) is 14.9. The van der Waals surface area contributed by atoms with Gasteiger partial charge in [-0.2, -0.15) is 0 Å². The fourth-order valence-corrected chi connectivity index (χ4v) is 8.60. The molecule has 4 heteroatoms. The third kappa shape index (κ3) is 6.24. The Morgan fingerprint density at radius 1 is 0.322 bits per heavy atom. The van der Waals surface area contributed by atoms with Crippen LogP contribution in [-0.2, 0) is 0 Å². The lowest BCUT2D eigenvalue weighted by Crippen LogP contribution is -2.09. The molecule has 0 radical (unpaired) electrons. The van der Waals surface area contributed by atoms with Gasteiger partial charge in [0.2, 0.25) is 0 Å². The zero-order valence-electron chi connectivity index (χ0n) is 32.1. The molecule has 0 atom stereocenters. The Labute approximate surface area is 342 Å². The predicted molar refractivity (Wildman–Crippen MR) is 245 cm³/mol. The molecular weight excluding hydrogens is 717 g/mol. The SMILES string of the molecule is c1ccc(N(c2ccccc2)c2ccc(-c3ccc4ccc5c(-c6ccc(-c7cc(-c8ccncc8)cc(-c8cccnc8)c7)cn6)ccc6ccc3c4c65)cc2)cc1. The van der Waals surface area contributed by atoms with Crippen molar-refractivity contribution in [3.05, 3.63) is 219 Å². The lowest BCUT2D eigenvalue weighted by atomic mass is 9.88. The highest BCUT2D eigenvalue weighted by molar-refractivity contribution is 6.27. The molecule has 0 saturated carbocycles. The van der Waals surface area contributed by atoms with E-state index < -0.39 is 0 Å². The molecule has 0 bridgehead atoms. The number of anilines is 3. The van der Waals surface area contributed by atoms with Crippen molar-refractivity contribution in [2.45, 2.75) is 0 Å². The van der Waals surface area contributed by atoms with Gasteiger partial charge in [-0.1, -0.05) is 109 Å². The summed E-state index contributed by atoms with van der Waals surface area (Å²) < 4.78 is 0. The predicted octanol–water partition coefficient (Wildman–Crippen LogP) is 14.6. The van der Waals surface area contributed by atoms with Crippen LogP contribution in [0.1, 0.15) is 0 Å². The van der Waals surface area contributed by atoms with Crippen molar-refractivity contribution < 1.29 is 0 Å². The van der Waals surface area contributed by atoms with E-state index in [0.29, 0.717) is 0 Å². The van der Waals surface area contributed by atoms with Crippen LogP contribution in [0.15, 0.2) is 219 Å². The maximum atomic E-state index is 5.12. The van der Waals surface area contributed by atoms with Crippen LogP contribution in [0.4, 0.5) is 17.1 Å². The molecule has 0 amide bonds. The van der Waals surface area contributed by atoms with Crippen LogP contribution >= 0.6 is 0 Å². The molecule has 0 aliphatic rings. The van der Waals surface area contributed by atoms with Gasteiger partial charge in [0.25, 0.3) is 0 Å². The van der Waals surface area contributed by atoms with E-state index in [-0.39, 0.29) is 0 Å². The van der Waals surface area contributed by atoms with Gasteiger partial charge in [-0.3, -0.25) is 15.0 Å². The minimum absolute atomic E-state index is 0.946. The molecule has 0 N–H and O–H groups in total. The zero-order chi connectivity index (χ0) is 39.1. The molecule has 4 nitrogen and oxygen atoms in total. The molecule has 0 saturated heterocycles. The fourth-order valence-electron chi connectivity index (χ4n) is 8.60. The van der Waals surface area contributed by atoms with E-state index in [4.69, 9.17) is 4.98 Å². The molecule has 0 aliphatic heterocycles. The number of benzene rings is 8. The van der Waals surface area contributed by atoms with Gasteiger partial charge < -0.3 is 4.90 Å². The molecule has 276 valence electrons. The summed E-state index contributed by atoms with van der Waals surface area (Å²) in [6.45, 7) is 0. The maximum absolute atomic E-state index is 5.12. The van der Waals surface area contributed by atoms with Crippen molar-refractivity contribution in [2.75, 3.05) is 4.90 Å². The first-order chi connectivity index (χ1) is 29.2. The molecule has 11 rings (SSSR count). The first-order valence-corrected chi connectivity index (χ1v) is 19.9. The second kappa shape index (κ2) is 14.5. The van der Waals surface area contributed by atoms with E-state index in [1.54, 1.807) is 0 Å². The number of aromatic nitrogens is 3. The summed E-state index contributed by atoms with van der Waals surface area (Å²) in [5.41, 5.74) is 14.4. The molecule has 0 spiro atoms. The Hall–Kier alpha value is -7.95. The van der Waals surface area contributed by atoms with E-state index in [1.807, 2.05) is 49.2 Å². The maximum Gasteiger partial charge on any atom is 0.0708 e. The largest absolute Gasteiger partial charge is 0.311 e. The van der Waals surface area contributed by atoms with Gasteiger partial charge in [0, 0.05) is 64.7 Å². The molecular formula is C55H36N4. The van der Waals surface area contributed by atoms with Crippen LogP contribution in [0.3, 0.4) is 0 Å². The zero-order valence-corrected chi connectivity index (χ0v) is 32.1. The van der Waals surface area contributed by atoms with Crippen LogP contribution < -0.4 is 4.90 Å². The Bertz CT molecular complexity index is 3130. The standard InChI is InChI=1S/C55H36N4/c1-3-9-46(10-4-1)59(47-11-5-2-6-12-47)48-20-13-38(14-21-48)49-22-15-39-18-25-52-50(23-16-40-17-24-51(49)54(39)55(40)52)53-26-19-42(36-58-53)45-33-43(37-27-30-56-31-28-37)32-44(34-45)41-8-7-29-57-35-41/h1-36H. The Kier molecular flexibility index (Phi) is 8.45. The van der Waals surface area contributed by atoms with Gasteiger partial charge in [0.15, 0.2) is 0 Å². The second-order valence-corrected chi connectivity index (χ2v) is 14.9. The quantitative estimate of drug-likeness (QED) is 0.145. The van der Waals surface area contributed by atoms with Crippen molar-refractivity contribution in [2.24, 2.45) is 0 Å². The van der Waals surface area contributed by atoms with E-state index >= 15 is 0 Å². The van der Waals surface area contributed by atoms with Gasteiger partial charge in [0.05, 0.1) is 5.69 Å². The van der Waals surface area contributed by atoms with Crippen molar-refractivity contribution in [3.63, 3.8) is 0 Å². The lowest BCUT2D eigenvalue weighted by Gasteiger charge is -2.25. The highest BCUT2D eigenvalue weighted by Gasteiger charge is 2.17. The summed E-state index contributed by atoms with van der Waals surface area (Å²) in [4.78, 5) is 16.1. The summed E-state index contributed by atoms with van der Waals surface area (Å²) in [7, 11) is 0. The minimum Gasteiger partial charge on any atom is -0.311 e. The van der Waals surface area contributed by atoms with Gasteiger partial charge in [-0.05, 0) is 145 Å². The van der Waals surface area contributed by atoms with Gasteiger partial charge in [-0.15, -0.1) is 0 Å². The average Bonchev–Trinajstić information content (AvgIpc) is 3.32. The van der Waals surface area contributed by atoms with E-state index in [1.165, 1.54) is 43.4 Å². The summed E-state index contributed by atoms with van der Waals surface area (Å²) in [6, 6.07) is 67.4. The molecule has 0 unspecified atom stereocenters. The van der Waals surface area contributed by atoms with Crippen LogP contribution in [0.25, 0.3) is 88.1 Å². The number of para-hydroxylation sites is 2. The average molecular weight is 753 g/mol. The van der Waals surface area contributed by atoms with Crippen LogP contribution in [0.5, 0.6) is 0 Å². The van der Waals surface area contributed by atoms with Crippen LogP contribution in [0.2, 0.25) is 0 Å². The van der Waals surface area contributed by atoms with E-state index in [9.17, 15) is 0 Å². The smallest absolute Gasteiger partial charge is 0.0708 e. The minimum atomic E-state index is 0.946. The fraction of sp³-hybridized carbons (Fsp3) is 0. The normalized spacial score (nSPS) is 11.4. The number of hydrogen-bond acceptors (Lipinski definition) is 4. The molecule has 3 heterocycles. The molecule has 3 aromatic heterocycles. The first kappa shape index (κ1) is 34.3. The molecule has 0 aliphatic carbocycles. The lowest BCUT2D eigenvalue weighted by molar-refractivity contribution is 1.28. The van der Waals surface area contributed by atoms with Crippen molar-refractivity contribution in [3.8, 4) is 55.8 Å². The summed E-state index contributed by atoms with van der Waals surface area (Å²) in [6.07, 6.45) is 9.40. The topological polar surface area (TPSA) is 41.9 Å². The Morgan fingerprint density at radius 2 is 0.864 bits per heavy atom. The van der Waals surface area contributed by atoms with Crippen molar-refractivity contribution >= 4 is 49.4 Å². The molecule has 11 aromatic rings. The first-order valence-electron chi connectivity index (χ1n) is 19.9. The van der Waals surface area contributed by atoms with Gasteiger partial charge >= 0.3 is 0 Å². The van der Waals surface area contributed by atoms with E-state index in [2.05, 4.69) is 185 Å². The monoisotopic (exact) mass is 752 g/mol. The Morgan fingerprint density at radius 3 is 1.46 bits per heavy atom. The number of nitrogens with zero attached hydrogens (tertiary/aromatic N) is 4. The summed E-state index contributed by atoms with van der Waals surface area (Å²) in [5.74, 6) is 0. The van der Waals surface area contributed by atoms with Crippen LogP contribution in [-0.4, -0.2) is 15.0 Å². The molecule has 59 heavy (non-hydrogen) atoms. The highest BCUT2D eigenvalue weighted by Crippen LogP contribution is 2.43. The number of rotatable bonds is 8.